The van der Waals surface area contributed by atoms with Gasteiger partial charge in [-0.15, -0.1) is 22.9 Å². The molecule has 3 rings (SSSR count). The molecule has 0 amide bonds. The Labute approximate surface area is 135 Å². The standard InChI is InChI=1S/C14H21ClN2O2S2/c1-11-8-16-5-3-2-4-13(16)9-17(11)21(18,19)14-6-12(7-15)10-20-14/h6,10-11,13H,2-5,7-9H2,1H3. The average Bonchev–Trinajstić information content (AvgIpc) is 2.96. The lowest BCUT2D eigenvalue weighted by atomic mass is 9.99. The molecule has 7 heteroatoms. The van der Waals surface area contributed by atoms with Gasteiger partial charge in [0.25, 0.3) is 10.0 Å². The van der Waals surface area contributed by atoms with E-state index in [9.17, 15) is 8.42 Å². The van der Waals surface area contributed by atoms with Crippen LogP contribution in [0.2, 0.25) is 0 Å². The summed E-state index contributed by atoms with van der Waals surface area (Å²) in [5.74, 6) is 0.359. The van der Waals surface area contributed by atoms with E-state index in [0.29, 0.717) is 22.7 Å². The number of nitrogens with zero attached hydrogens (tertiary/aromatic N) is 2. The first-order valence-electron chi connectivity index (χ1n) is 7.41. The third-order valence-corrected chi connectivity index (χ3v) is 8.23. The van der Waals surface area contributed by atoms with Gasteiger partial charge >= 0.3 is 0 Å². The van der Waals surface area contributed by atoms with Crippen LogP contribution >= 0.6 is 22.9 Å². The summed E-state index contributed by atoms with van der Waals surface area (Å²) in [5, 5.41) is 1.83. The fourth-order valence-corrected chi connectivity index (χ4v) is 6.58. The highest BCUT2D eigenvalue weighted by molar-refractivity contribution is 7.91. The summed E-state index contributed by atoms with van der Waals surface area (Å²) in [7, 11) is -3.38. The zero-order chi connectivity index (χ0) is 15.0. The molecule has 2 fully saturated rings. The minimum atomic E-state index is -3.38. The third-order valence-electron chi connectivity index (χ3n) is 4.48. The molecule has 118 valence electrons. The summed E-state index contributed by atoms with van der Waals surface area (Å²) in [5.41, 5.74) is 0.879. The van der Waals surface area contributed by atoms with Crippen LogP contribution in [0.1, 0.15) is 31.7 Å². The van der Waals surface area contributed by atoms with Crippen molar-refractivity contribution in [2.24, 2.45) is 0 Å². The van der Waals surface area contributed by atoms with Crippen molar-refractivity contribution in [3.63, 3.8) is 0 Å². The van der Waals surface area contributed by atoms with E-state index in [0.717, 1.165) is 25.1 Å². The van der Waals surface area contributed by atoms with Gasteiger partial charge in [0.1, 0.15) is 4.21 Å². The maximum Gasteiger partial charge on any atom is 0.252 e. The largest absolute Gasteiger partial charge is 0.297 e. The van der Waals surface area contributed by atoms with E-state index in [1.54, 1.807) is 10.4 Å². The molecule has 0 radical (unpaired) electrons. The monoisotopic (exact) mass is 348 g/mol. The number of hydrogen-bond donors (Lipinski definition) is 0. The highest BCUT2D eigenvalue weighted by Crippen LogP contribution is 2.31. The van der Waals surface area contributed by atoms with Gasteiger partial charge in [0, 0.05) is 31.1 Å². The molecule has 2 saturated heterocycles. The number of fused-ring (bicyclic) bond motifs is 1. The Kier molecular flexibility index (Phi) is 4.62. The topological polar surface area (TPSA) is 40.6 Å². The van der Waals surface area contributed by atoms with Gasteiger partial charge < -0.3 is 0 Å². The van der Waals surface area contributed by atoms with Crippen LogP contribution in [0.5, 0.6) is 0 Å². The van der Waals surface area contributed by atoms with E-state index in [2.05, 4.69) is 4.90 Å². The van der Waals surface area contributed by atoms with Gasteiger partial charge in [0.05, 0.1) is 0 Å². The zero-order valence-corrected chi connectivity index (χ0v) is 14.6. The summed E-state index contributed by atoms with van der Waals surface area (Å²) in [6.07, 6.45) is 3.55. The molecule has 2 aliphatic heterocycles. The predicted molar refractivity (Wildman–Crippen MR) is 86.4 cm³/mol. The van der Waals surface area contributed by atoms with Gasteiger partial charge in [-0.05, 0) is 43.3 Å². The van der Waals surface area contributed by atoms with Crippen LogP contribution in [-0.2, 0) is 15.9 Å². The SMILES string of the molecule is CC1CN2CCCCC2CN1S(=O)(=O)c1cc(CCl)cs1. The van der Waals surface area contributed by atoms with Crippen LogP contribution in [0.25, 0.3) is 0 Å². The molecule has 0 spiro atoms. The van der Waals surface area contributed by atoms with Gasteiger partial charge in [0.2, 0.25) is 0 Å². The van der Waals surface area contributed by atoms with Gasteiger partial charge in [-0.2, -0.15) is 4.31 Å². The summed E-state index contributed by atoms with van der Waals surface area (Å²) in [4.78, 5) is 2.46. The molecule has 1 aromatic rings. The van der Waals surface area contributed by atoms with E-state index >= 15 is 0 Å². The van der Waals surface area contributed by atoms with Crippen molar-refractivity contribution in [2.45, 2.75) is 48.4 Å². The molecule has 0 saturated carbocycles. The summed E-state index contributed by atoms with van der Waals surface area (Å²) in [6.45, 7) is 4.59. The Hall–Kier alpha value is -0.140. The molecule has 0 aliphatic carbocycles. The number of rotatable bonds is 3. The number of sulfonamides is 1. The number of alkyl halides is 1. The Morgan fingerprint density at radius 2 is 2.19 bits per heavy atom. The second kappa shape index (κ2) is 6.16. The molecule has 0 N–H and O–H groups in total. The normalized spacial score (nSPS) is 28.5. The minimum Gasteiger partial charge on any atom is -0.297 e. The van der Waals surface area contributed by atoms with Crippen LogP contribution in [0.15, 0.2) is 15.7 Å². The second-order valence-electron chi connectivity index (χ2n) is 5.98. The van der Waals surface area contributed by atoms with Crippen LogP contribution in [0.3, 0.4) is 0 Å². The molecule has 21 heavy (non-hydrogen) atoms. The number of hydrogen-bond acceptors (Lipinski definition) is 4. The smallest absolute Gasteiger partial charge is 0.252 e. The lowest BCUT2D eigenvalue weighted by molar-refractivity contribution is 0.0565. The van der Waals surface area contributed by atoms with Crippen molar-refractivity contribution in [1.82, 2.24) is 9.21 Å². The Bertz CT molecular complexity index is 602. The lowest BCUT2D eigenvalue weighted by Crippen LogP contribution is -2.59. The van der Waals surface area contributed by atoms with Gasteiger partial charge in [0.15, 0.2) is 0 Å². The van der Waals surface area contributed by atoms with Crippen molar-refractivity contribution in [1.29, 1.82) is 0 Å². The number of thiophene rings is 1. The maximum absolute atomic E-state index is 12.9. The second-order valence-corrected chi connectivity index (χ2v) is 9.27. The Morgan fingerprint density at radius 1 is 1.38 bits per heavy atom. The van der Waals surface area contributed by atoms with Crippen molar-refractivity contribution in [2.75, 3.05) is 19.6 Å². The van der Waals surface area contributed by atoms with Crippen molar-refractivity contribution >= 4 is 33.0 Å². The molecule has 4 nitrogen and oxygen atoms in total. The van der Waals surface area contributed by atoms with E-state index in [1.165, 1.54) is 24.2 Å². The first kappa shape index (κ1) is 15.7. The average molecular weight is 349 g/mol. The lowest BCUT2D eigenvalue weighted by Gasteiger charge is -2.46. The van der Waals surface area contributed by atoms with E-state index < -0.39 is 10.0 Å². The summed E-state index contributed by atoms with van der Waals surface area (Å²) >= 11 is 7.07. The van der Waals surface area contributed by atoms with Crippen molar-refractivity contribution in [3.05, 3.63) is 17.0 Å². The van der Waals surface area contributed by atoms with Crippen LogP contribution in [0.4, 0.5) is 0 Å². The van der Waals surface area contributed by atoms with Gasteiger partial charge in [-0.25, -0.2) is 8.42 Å². The maximum atomic E-state index is 12.9. The molecule has 3 heterocycles. The highest BCUT2D eigenvalue weighted by atomic mass is 35.5. The van der Waals surface area contributed by atoms with E-state index in [4.69, 9.17) is 11.6 Å². The summed E-state index contributed by atoms with van der Waals surface area (Å²) in [6, 6.07) is 2.13. The third kappa shape index (κ3) is 3.01. The van der Waals surface area contributed by atoms with E-state index in [-0.39, 0.29) is 6.04 Å². The first-order chi connectivity index (χ1) is 10.0. The van der Waals surface area contributed by atoms with E-state index in [1.807, 2.05) is 12.3 Å². The minimum absolute atomic E-state index is 0.0332. The molecule has 0 aromatic carbocycles. The first-order valence-corrected chi connectivity index (χ1v) is 10.3. The molecular weight excluding hydrogens is 328 g/mol. The van der Waals surface area contributed by atoms with Gasteiger partial charge in [-0.1, -0.05) is 6.42 Å². The van der Waals surface area contributed by atoms with Crippen molar-refractivity contribution in [3.8, 4) is 0 Å². The molecule has 1 aromatic heterocycles. The summed E-state index contributed by atoms with van der Waals surface area (Å²) < 4.78 is 27.9. The number of halogens is 1. The Morgan fingerprint density at radius 3 is 2.90 bits per heavy atom. The van der Waals surface area contributed by atoms with Crippen LogP contribution < -0.4 is 0 Å². The number of piperazine rings is 1. The fourth-order valence-electron chi connectivity index (χ4n) is 3.33. The molecule has 2 unspecified atom stereocenters. The molecule has 2 atom stereocenters. The molecule has 0 bridgehead atoms. The quantitative estimate of drug-likeness (QED) is 0.789. The number of piperidine rings is 1. The highest BCUT2D eigenvalue weighted by Gasteiger charge is 2.39. The van der Waals surface area contributed by atoms with Crippen LogP contribution in [0, 0.1) is 0 Å². The fraction of sp³-hybridized carbons (Fsp3) is 0.714. The van der Waals surface area contributed by atoms with Crippen LogP contribution in [-0.4, -0.2) is 49.3 Å². The zero-order valence-electron chi connectivity index (χ0n) is 12.2. The Balaban J connectivity index is 1.84. The molecular formula is C14H21ClN2O2S2. The van der Waals surface area contributed by atoms with Crippen molar-refractivity contribution < 1.29 is 8.42 Å². The molecule has 2 aliphatic rings. The predicted octanol–water partition coefficient (Wildman–Crippen LogP) is 2.73. The van der Waals surface area contributed by atoms with Gasteiger partial charge in [-0.3, -0.25) is 4.90 Å².